The number of carbonyl (C=O) groups is 1. The van der Waals surface area contributed by atoms with Crippen molar-refractivity contribution in [1.82, 2.24) is 14.2 Å². The standard InChI is InChI=1S/C19H25N5O3S/c1-2-28(26,27)23-11-9-22(10-12-23)15-17-5-3-7-19(13-17)24(16-25)21-18-6-4-8-20-14-18/h3-8,13-14,16,21H,2,9-12,15H2,1H3. The second-order valence-electron chi connectivity index (χ2n) is 6.57. The lowest BCUT2D eigenvalue weighted by atomic mass is 10.1. The Morgan fingerprint density at radius 1 is 1.18 bits per heavy atom. The molecule has 1 N–H and O–H groups in total. The molecule has 1 aromatic heterocycles. The summed E-state index contributed by atoms with van der Waals surface area (Å²) >= 11 is 0. The van der Waals surface area contributed by atoms with E-state index >= 15 is 0 Å². The largest absolute Gasteiger partial charge is 0.296 e. The van der Waals surface area contributed by atoms with Crippen LogP contribution in [0.2, 0.25) is 0 Å². The number of amides is 1. The van der Waals surface area contributed by atoms with Crippen molar-refractivity contribution < 1.29 is 13.2 Å². The van der Waals surface area contributed by atoms with Gasteiger partial charge in [0, 0.05) is 38.9 Å². The molecule has 1 aromatic carbocycles. The van der Waals surface area contributed by atoms with E-state index < -0.39 is 10.0 Å². The lowest BCUT2D eigenvalue weighted by Crippen LogP contribution is -2.48. The zero-order valence-corrected chi connectivity index (χ0v) is 16.7. The van der Waals surface area contributed by atoms with Gasteiger partial charge in [0.05, 0.1) is 23.3 Å². The first-order valence-corrected chi connectivity index (χ1v) is 10.8. The monoisotopic (exact) mass is 403 g/mol. The number of pyridine rings is 1. The molecule has 0 saturated carbocycles. The summed E-state index contributed by atoms with van der Waals surface area (Å²) in [6.45, 7) is 4.78. The summed E-state index contributed by atoms with van der Waals surface area (Å²) in [6.07, 6.45) is 4.03. The van der Waals surface area contributed by atoms with Crippen molar-refractivity contribution >= 4 is 27.8 Å². The third-order valence-electron chi connectivity index (χ3n) is 4.70. The molecule has 9 heteroatoms. The highest BCUT2D eigenvalue weighted by molar-refractivity contribution is 7.89. The van der Waals surface area contributed by atoms with Crippen molar-refractivity contribution in [2.75, 3.05) is 42.4 Å². The maximum Gasteiger partial charge on any atom is 0.232 e. The number of nitrogens with zero attached hydrogens (tertiary/aromatic N) is 4. The molecule has 0 radical (unpaired) electrons. The minimum Gasteiger partial charge on any atom is -0.296 e. The Morgan fingerprint density at radius 2 is 1.96 bits per heavy atom. The fourth-order valence-electron chi connectivity index (χ4n) is 3.13. The van der Waals surface area contributed by atoms with E-state index in [1.54, 1.807) is 29.7 Å². The average molecular weight is 404 g/mol. The lowest BCUT2D eigenvalue weighted by Gasteiger charge is -2.33. The SMILES string of the molecule is CCS(=O)(=O)N1CCN(Cc2cccc(N(C=O)Nc3cccnc3)c2)CC1. The molecule has 0 bridgehead atoms. The quantitative estimate of drug-likeness (QED) is 0.532. The van der Waals surface area contributed by atoms with Crippen molar-refractivity contribution in [3.63, 3.8) is 0 Å². The number of sulfonamides is 1. The van der Waals surface area contributed by atoms with Gasteiger partial charge in [-0.05, 0) is 36.8 Å². The number of hydrogen-bond acceptors (Lipinski definition) is 6. The minimum absolute atomic E-state index is 0.139. The Morgan fingerprint density at radius 3 is 2.61 bits per heavy atom. The van der Waals surface area contributed by atoms with Crippen molar-refractivity contribution in [3.8, 4) is 0 Å². The van der Waals surface area contributed by atoms with Crippen LogP contribution in [0, 0.1) is 0 Å². The van der Waals surface area contributed by atoms with E-state index in [4.69, 9.17) is 0 Å². The molecule has 150 valence electrons. The van der Waals surface area contributed by atoms with E-state index in [0.29, 0.717) is 38.4 Å². The second-order valence-corrected chi connectivity index (χ2v) is 8.83. The fraction of sp³-hybridized carbons (Fsp3) is 0.368. The predicted molar refractivity (Wildman–Crippen MR) is 109 cm³/mol. The Kier molecular flexibility index (Phi) is 6.61. The molecule has 1 amide bonds. The molecule has 0 aliphatic carbocycles. The number of benzene rings is 1. The summed E-state index contributed by atoms with van der Waals surface area (Å²) in [4.78, 5) is 17.8. The van der Waals surface area contributed by atoms with E-state index in [-0.39, 0.29) is 5.75 Å². The molecule has 2 heterocycles. The van der Waals surface area contributed by atoms with Crippen LogP contribution in [0.4, 0.5) is 11.4 Å². The lowest BCUT2D eigenvalue weighted by molar-refractivity contribution is -0.107. The Balaban J connectivity index is 1.63. The minimum atomic E-state index is -3.12. The second kappa shape index (κ2) is 9.13. The number of hydrogen-bond donors (Lipinski definition) is 1. The molecule has 0 spiro atoms. The summed E-state index contributed by atoms with van der Waals surface area (Å²) < 4.78 is 25.5. The summed E-state index contributed by atoms with van der Waals surface area (Å²) in [7, 11) is -3.12. The van der Waals surface area contributed by atoms with Crippen molar-refractivity contribution in [3.05, 3.63) is 54.4 Å². The van der Waals surface area contributed by atoms with Crippen LogP contribution < -0.4 is 10.4 Å². The maximum atomic E-state index is 12.0. The van der Waals surface area contributed by atoms with E-state index in [2.05, 4.69) is 15.3 Å². The van der Waals surface area contributed by atoms with E-state index in [9.17, 15) is 13.2 Å². The summed E-state index contributed by atoms with van der Waals surface area (Å²) in [5.74, 6) is 0.139. The molecule has 0 atom stereocenters. The molecule has 1 aliphatic rings. The smallest absolute Gasteiger partial charge is 0.232 e. The van der Waals surface area contributed by atoms with Gasteiger partial charge in [-0.1, -0.05) is 12.1 Å². The topological polar surface area (TPSA) is 85.9 Å². The highest BCUT2D eigenvalue weighted by atomic mass is 32.2. The van der Waals surface area contributed by atoms with Gasteiger partial charge in [-0.2, -0.15) is 4.31 Å². The van der Waals surface area contributed by atoms with Crippen LogP contribution in [0.15, 0.2) is 48.8 Å². The van der Waals surface area contributed by atoms with Gasteiger partial charge >= 0.3 is 0 Å². The number of rotatable bonds is 8. The third-order valence-corrected chi connectivity index (χ3v) is 6.58. The van der Waals surface area contributed by atoms with Crippen LogP contribution in [-0.4, -0.2) is 60.9 Å². The van der Waals surface area contributed by atoms with Crippen LogP contribution in [-0.2, 0) is 21.4 Å². The molecule has 3 rings (SSSR count). The molecular formula is C19H25N5O3S. The zero-order valence-electron chi connectivity index (χ0n) is 15.9. The molecular weight excluding hydrogens is 378 g/mol. The average Bonchev–Trinajstić information content (AvgIpc) is 2.73. The third kappa shape index (κ3) is 5.06. The van der Waals surface area contributed by atoms with Crippen LogP contribution in [0.25, 0.3) is 0 Å². The zero-order chi connectivity index (χ0) is 20.0. The molecule has 2 aromatic rings. The highest BCUT2D eigenvalue weighted by Crippen LogP contribution is 2.19. The van der Waals surface area contributed by atoms with Gasteiger partial charge in [-0.3, -0.25) is 20.1 Å². The van der Waals surface area contributed by atoms with Gasteiger partial charge in [0.1, 0.15) is 0 Å². The van der Waals surface area contributed by atoms with Crippen molar-refractivity contribution in [2.45, 2.75) is 13.5 Å². The Bertz CT molecular complexity index is 883. The van der Waals surface area contributed by atoms with Gasteiger partial charge in [0.25, 0.3) is 0 Å². The van der Waals surface area contributed by atoms with Gasteiger partial charge in [-0.15, -0.1) is 0 Å². The molecule has 8 nitrogen and oxygen atoms in total. The number of piperazine rings is 1. The van der Waals surface area contributed by atoms with Crippen LogP contribution >= 0.6 is 0 Å². The first-order valence-electron chi connectivity index (χ1n) is 9.22. The van der Waals surface area contributed by atoms with Gasteiger partial charge in [-0.25, -0.2) is 13.4 Å². The van der Waals surface area contributed by atoms with Gasteiger partial charge in [0.15, 0.2) is 0 Å². The molecule has 1 fully saturated rings. The van der Waals surface area contributed by atoms with E-state index in [0.717, 1.165) is 17.7 Å². The first-order chi connectivity index (χ1) is 13.5. The number of aromatic nitrogens is 1. The van der Waals surface area contributed by atoms with Crippen molar-refractivity contribution in [1.29, 1.82) is 0 Å². The summed E-state index contributed by atoms with van der Waals surface area (Å²) in [5.41, 5.74) is 5.52. The molecule has 0 unspecified atom stereocenters. The summed E-state index contributed by atoms with van der Waals surface area (Å²) in [5, 5.41) is 1.41. The Labute approximate surface area is 165 Å². The molecule has 1 aliphatic heterocycles. The Hall–Kier alpha value is -2.49. The van der Waals surface area contributed by atoms with Crippen LogP contribution in [0.3, 0.4) is 0 Å². The number of anilines is 2. The van der Waals surface area contributed by atoms with E-state index in [1.165, 1.54) is 5.01 Å². The summed E-state index contributed by atoms with van der Waals surface area (Å²) in [6, 6.07) is 11.3. The van der Waals surface area contributed by atoms with E-state index in [1.807, 2.05) is 30.3 Å². The maximum absolute atomic E-state index is 12.0. The number of nitrogens with one attached hydrogen (secondary N) is 1. The van der Waals surface area contributed by atoms with Crippen molar-refractivity contribution in [2.24, 2.45) is 0 Å². The number of hydrazine groups is 1. The van der Waals surface area contributed by atoms with Gasteiger partial charge in [0.2, 0.25) is 16.4 Å². The predicted octanol–water partition coefficient (Wildman–Crippen LogP) is 1.54. The normalized spacial score (nSPS) is 15.9. The highest BCUT2D eigenvalue weighted by Gasteiger charge is 2.25. The number of carbonyl (C=O) groups excluding carboxylic acids is 1. The molecule has 28 heavy (non-hydrogen) atoms. The molecule has 1 saturated heterocycles. The van der Waals surface area contributed by atoms with Crippen LogP contribution in [0.5, 0.6) is 0 Å². The first kappa shape index (κ1) is 20.2. The van der Waals surface area contributed by atoms with Crippen LogP contribution in [0.1, 0.15) is 12.5 Å². The van der Waals surface area contributed by atoms with Gasteiger partial charge < -0.3 is 0 Å². The fourth-order valence-corrected chi connectivity index (χ4v) is 4.22.